The minimum atomic E-state index is 0.0238. The van der Waals surface area contributed by atoms with Crippen molar-refractivity contribution in [3.8, 4) is 0 Å². The topological polar surface area (TPSA) is 64.6 Å². The summed E-state index contributed by atoms with van der Waals surface area (Å²) in [6.07, 6.45) is 2.79. The highest BCUT2D eigenvalue weighted by atomic mass is 32.1. The Morgan fingerprint density at radius 1 is 1.23 bits per heavy atom. The van der Waals surface area contributed by atoms with Crippen LogP contribution in [0.25, 0.3) is 0 Å². The number of carbonyl (C=O) groups is 1. The number of nitrogens with zero attached hydrogens (tertiary/aromatic N) is 5. The van der Waals surface area contributed by atoms with Crippen LogP contribution in [0.5, 0.6) is 0 Å². The largest absolute Gasteiger partial charge is 0.354 e. The van der Waals surface area contributed by atoms with E-state index in [1.807, 2.05) is 24.4 Å². The molecule has 1 fully saturated rings. The van der Waals surface area contributed by atoms with Gasteiger partial charge in [-0.3, -0.25) is 9.69 Å². The number of hydrogen-bond acceptors (Lipinski definition) is 7. The first-order valence-electron chi connectivity index (χ1n) is 9.03. The maximum absolute atomic E-state index is 12.4. The SMILES string of the molecule is CN1CCc2nc(NC(=O)CN3CCN(c4ccccn4)CC3)sc2C1. The molecular weight excluding hydrogens is 348 g/mol. The molecule has 0 radical (unpaired) electrons. The molecule has 1 saturated heterocycles. The Hall–Kier alpha value is -2.03. The number of piperazine rings is 1. The van der Waals surface area contributed by atoms with Gasteiger partial charge in [0, 0.05) is 56.8 Å². The van der Waals surface area contributed by atoms with Crippen molar-refractivity contribution in [2.75, 3.05) is 56.5 Å². The molecule has 0 aromatic carbocycles. The van der Waals surface area contributed by atoms with Crippen LogP contribution in [0.4, 0.5) is 10.9 Å². The maximum Gasteiger partial charge on any atom is 0.240 e. The zero-order valence-electron chi connectivity index (χ0n) is 15.0. The van der Waals surface area contributed by atoms with Gasteiger partial charge in [-0.1, -0.05) is 6.07 Å². The molecule has 0 bridgehead atoms. The number of hydrogen-bond donors (Lipinski definition) is 1. The van der Waals surface area contributed by atoms with E-state index in [4.69, 9.17) is 0 Å². The normalized spacial score (nSPS) is 18.6. The first-order valence-corrected chi connectivity index (χ1v) is 9.84. The van der Waals surface area contributed by atoms with Gasteiger partial charge < -0.3 is 15.1 Å². The highest BCUT2D eigenvalue weighted by Gasteiger charge is 2.22. The fourth-order valence-electron chi connectivity index (χ4n) is 3.41. The Morgan fingerprint density at radius 3 is 2.85 bits per heavy atom. The van der Waals surface area contributed by atoms with Crippen LogP contribution in [0.3, 0.4) is 0 Å². The van der Waals surface area contributed by atoms with Gasteiger partial charge in [0.15, 0.2) is 5.13 Å². The standard InChI is InChI=1S/C18H24N6OS/c1-22-7-5-14-15(12-22)26-18(20-14)21-17(25)13-23-8-10-24(11-9-23)16-4-2-3-6-19-16/h2-4,6H,5,7-13H2,1H3,(H,20,21,25). The van der Waals surface area contributed by atoms with Crippen molar-refractivity contribution < 1.29 is 4.79 Å². The summed E-state index contributed by atoms with van der Waals surface area (Å²) in [6, 6.07) is 5.97. The molecule has 2 aliphatic rings. The Balaban J connectivity index is 1.27. The summed E-state index contributed by atoms with van der Waals surface area (Å²) in [5.41, 5.74) is 1.15. The molecule has 0 atom stereocenters. The number of rotatable bonds is 4. The zero-order chi connectivity index (χ0) is 17.9. The molecule has 138 valence electrons. The molecular formula is C18H24N6OS. The Morgan fingerprint density at radius 2 is 2.08 bits per heavy atom. The molecule has 0 aliphatic carbocycles. The summed E-state index contributed by atoms with van der Waals surface area (Å²) in [5, 5.41) is 3.72. The monoisotopic (exact) mass is 372 g/mol. The van der Waals surface area contributed by atoms with E-state index in [1.54, 1.807) is 11.3 Å². The van der Waals surface area contributed by atoms with E-state index in [0.717, 1.165) is 62.3 Å². The number of likely N-dealkylation sites (N-methyl/N-ethyl adjacent to an activating group) is 1. The number of carbonyl (C=O) groups excluding carboxylic acids is 1. The number of aromatic nitrogens is 2. The van der Waals surface area contributed by atoms with Gasteiger partial charge in [-0.25, -0.2) is 9.97 Å². The van der Waals surface area contributed by atoms with E-state index in [1.165, 1.54) is 4.88 Å². The number of anilines is 2. The van der Waals surface area contributed by atoms with Crippen molar-refractivity contribution in [2.45, 2.75) is 13.0 Å². The Kier molecular flexibility index (Phi) is 5.14. The van der Waals surface area contributed by atoms with Crippen molar-refractivity contribution in [1.29, 1.82) is 0 Å². The van der Waals surface area contributed by atoms with Crippen molar-refractivity contribution in [1.82, 2.24) is 19.8 Å². The molecule has 1 amide bonds. The first-order chi connectivity index (χ1) is 12.7. The minimum absolute atomic E-state index is 0.0238. The minimum Gasteiger partial charge on any atom is -0.354 e. The van der Waals surface area contributed by atoms with Gasteiger partial charge in [0.25, 0.3) is 0 Å². The first kappa shape index (κ1) is 17.4. The number of amides is 1. The second kappa shape index (κ2) is 7.69. The fourth-order valence-corrected chi connectivity index (χ4v) is 4.52. The molecule has 0 spiro atoms. The number of nitrogens with one attached hydrogen (secondary N) is 1. The molecule has 2 aliphatic heterocycles. The van der Waals surface area contributed by atoms with Gasteiger partial charge in [-0.15, -0.1) is 11.3 Å². The molecule has 2 aromatic rings. The van der Waals surface area contributed by atoms with E-state index < -0.39 is 0 Å². The third kappa shape index (κ3) is 4.03. The van der Waals surface area contributed by atoms with E-state index in [9.17, 15) is 4.79 Å². The highest BCUT2D eigenvalue weighted by molar-refractivity contribution is 7.15. The highest BCUT2D eigenvalue weighted by Crippen LogP contribution is 2.27. The molecule has 0 saturated carbocycles. The Bertz CT molecular complexity index is 756. The van der Waals surface area contributed by atoms with Crippen LogP contribution in [0.1, 0.15) is 10.6 Å². The molecule has 8 heteroatoms. The molecule has 0 unspecified atom stereocenters. The van der Waals surface area contributed by atoms with Crippen LogP contribution >= 0.6 is 11.3 Å². The van der Waals surface area contributed by atoms with Crippen LogP contribution in [-0.4, -0.2) is 72.0 Å². The number of fused-ring (bicyclic) bond motifs is 1. The molecule has 1 N–H and O–H groups in total. The van der Waals surface area contributed by atoms with E-state index >= 15 is 0 Å². The molecule has 4 rings (SSSR count). The smallest absolute Gasteiger partial charge is 0.240 e. The van der Waals surface area contributed by atoms with Crippen molar-refractivity contribution >= 4 is 28.2 Å². The second-order valence-electron chi connectivity index (χ2n) is 6.88. The number of thiazole rings is 1. The quantitative estimate of drug-likeness (QED) is 0.872. The van der Waals surface area contributed by atoms with Crippen LogP contribution in [0, 0.1) is 0 Å². The average Bonchev–Trinajstić information content (AvgIpc) is 3.04. The number of pyridine rings is 1. The lowest BCUT2D eigenvalue weighted by molar-refractivity contribution is -0.117. The van der Waals surface area contributed by atoms with Gasteiger partial charge >= 0.3 is 0 Å². The summed E-state index contributed by atoms with van der Waals surface area (Å²) in [4.78, 5) is 29.4. The van der Waals surface area contributed by atoms with Crippen LogP contribution in [0.2, 0.25) is 0 Å². The lowest BCUT2D eigenvalue weighted by Gasteiger charge is -2.34. The lowest BCUT2D eigenvalue weighted by atomic mass is 10.2. The van der Waals surface area contributed by atoms with Gasteiger partial charge in [0.2, 0.25) is 5.91 Å². The molecule has 7 nitrogen and oxygen atoms in total. The zero-order valence-corrected chi connectivity index (χ0v) is 15.8. The predicted octanol–water partition coefficient (Wildman–Crippen LogP) is 1.29. The maximum atomic E-state index is 12.4. The summed E-state index contributed by atoms with van der Waals surface area (Å²) < 4.78 is 0. The Labute approximate surface area is 157 Å². The van der Waals surface area contributed by atoms with Crippen molar-refractivity contribution in [3.63, 3.8) is 0 Å². The van der Waals surface area contributed by atoms with Crippen molar-refractivity contribution in [2.24, 2.45) is 0 Å². The third-order valence-corrected chi connectivity index (χ3v) is 5.88. The molecule has 4 heterocycles. The van der Waals surface area contributed by atoms with Gasteiger partial charge in [0.1, 0.15) is 5.82 Å². The lowest BCUT2D eigenvalue weighted by Crippen LogP contribution is -2.48. The fraction of sp³-hybridized carbons (Fsp3) is 0.500. The predicted molar refractivity (Wildman–Crippen MR) is 104 cm³/mol. The van der Waals surface area contributed by atoms with Crippen LogP contribution in [-0.2, 0) is 17.8 Å². The van der Waals surface area contributed by atoms with Crippen molar-refractivity contribution in [3.05, 3.63) is 35.0 Å². The van der Waals surface area contributed by atoms with Gasteiger partial charge in [-0.05, 0) is 19.2 Å². The summed E-state index contributed by atoms with van der Waals surface area (Å²) in [5.74, 6) is 1.03. The molecule has 26 heavy (non-hydrogen) atoms. The van der Waals surface area contributed by atoms with Gasteiger partial charge in [0.05, 0.1) is 12.2 Å². The van der Waals surface area contributed by atoms with E-state index in [-0.39, 0.29) is 5.91 Å². The second-order valence-corrected chi connectivity index (χ2v) is 7.96. The average molecular weight is 372 g/mol. The van der Waals surface area contributed by atoms with Gasteiger partial charge in [-0.2, -0.15) is 0 Å². The van der Waals surface area contributed by atoms with Crippen LogP contribution in [0.15, 0.2) is 24.4 Å². The summed E-state index contributed by atoms with van der Waals surface area (Å²) in [7, 11) is 2.12. The summed E-state index contributed by atoms with van der Waals surface area (Å²) >= 11 is 1.61. The summed E-state index contributed by atoms with van der Waals surface area (Å²) in [6.45, 7) is 5.89. The van der Waals surface area contributed by atoms with Crippen LogP contribution < -0.4 is 10.2 Å². The third-order valence-electron chi connectivity index (χ3n) is 4.88. The van der Waals surface area contributed by atoms with E-state index in [2.05, 4.69) is 37.0 Å². The molecule has 2 aromatic heterocycles. The van der Waals surface area contributed by atoms with E-state index in [0.29, 0.717) is 6.54 Å².